The molecule has 3 rings (SSSR count). The molecule has 0 aliphatic carbocycles. The topological polar surface area (TPSA) is 113 Å². The summed E-state index contributed by atoms with van der Waals surface area (Å²) in [4.78, 5) is 35.5. The minimum atomic E-state index is -0.457. The van der Waals surface area contributed by atoms with Crippen LogP contribution in [0.15, 0.2) is 39.3 Å². The molecule has 28 heavy (non-hydrogen) atoms. The van der Waals surface area contributed by atoms with Crippen molar-refractivity contribution in [3.8, 4) is 0 Å². The number of carbonyl (C=O) groups excluding carboxylic acids is 2. The minimum Gasteiger partial charge on any atom is -0.383 e. The highest BCUT2D eigenvalue weighted by Gasteiger charge is 2.25. The predicted octanol–water partition coefficient (Wildman–Crippen LogP) is 0.463. The number of halogens is 1. The maximum atomic E-state index is 12.9. The van der Waals surface area contributed by atoms with E-state index in [-0.39, 0.29) is 17.2 Å². The maximum absolute atomic E-state index is 12.9. The van der Waals surface area contributed by atoms with Crippen molar-refractivity contribution in [2.24, 2.45) is 4.99 Å². The molecule has 1 aliphatic heterocycles. The highest BCUT2D eigenvalue weighted by molar-refractivity contribution is 9.10. The van der Waals surface area contributed by atoms with Crippen LogP contribution in [0.1, 0.15) is 0 Å². The zero-order valence-electron chi connectivity index (χ0n) is 15.5. The highest BCUT2D eigenvalue weighted by atomic mass is 79.9. The van der Waals surface area contributed by atoms with Crippen LogP contribution in [0.4, 0.5) is 5.69 Å². The maximum Gasteiger partial charge on any atom is 0.272 e. The van der Waals surface area contributed by atoms with E-state index in [0.29, 0.717) is 42.4 Å². The largest absolute Gasteiger partial charge is 0.383 e. The van der Waals surface area contributed by atoms with E-state index in [4.69, 9.17) is 4.74 Å². The molecule has 1 saturated heterocycles. The van der Waals surface area contributed by atoms with E-state index < -0.39 is 5.91 Å². The number of nitrogens with zero attached hydrogens (tertiary/aromatic N) is 5. The molecule has 0 unspecified atom stereocenters. The summed E-state index contributed by atoms with van der Waals surface area (Å²) in [6, 6.07) is 3.37. The lowest BCUT2D eigenvalue weighted by Gasteiger charge is -2.27. The van der Waals surface area contributed by atoms with Crippen molar-refractivity contribution in [3.05, 3.63) is 34.3 Å². The van der Waals surface area contributed by atoms with E-state index in [2.05, 4.69) is 41.6 Å². The molecular weight excluding hydrogens is 430 g/mol. The van der Waals surface area contributed by atoms with E-state index in [1.807, 2.05) is 0 Å². The third-order valence-electron chi connectivity index (χ3n) is 4.10. The molecule has 11 heteroatoms. The van der Waals surface area contributed by atoms with Crippen LogP contribution in [0.5, 0.6) is 0 Å². The molecule has 2 amide bonds. The third-order valence-corrected chi connectivity index (χ3v) is 4.44. The van der Waals surface area contributed by atoms with Gasteiger partial charge in [0.05, 0.1) is 18.8 Å². The number of aliphatic imine (C=N–C) groups is 1. The summed E-state index contributed by atoms with van der Waals surface area (Å²) < 4.78 is 7.31. The van der Waals surface area contributed by atoms with Gasteiger partial charge >= 0.3 is 0 Å². The second-order valence-electron chi connectivity index (χ2n) is 5.88. The number of hydrogen-bond acceptors (Lipinski definition) is 7. The molecule has 0 radical (unpaired) electrons. The molecule has 148 valence electrons. The molecule has 0 spiro atoms. The van der Waals surface area contributed by atoms with Crippen molar-refractivity contribution in [2.75, 3.05) is 45.7 Å². The molecule has 0 atom stereocenters. The van der Waals surface area contributed by atoms with Gasteiger partial charge in [0.25, 0.3) is 11.8 Å². The van der Waals surface area contributed by atoms with E-state index >= 15 is 0 Å². The zero-order chi connectivity index (χ0) is 20.1. The van der Waals surface area contributed by atoms with Crippen molar-refractivity contribution in [1.29, 1.82) is 0 Å². The van der Waals surface area contributed by atoms with Gasteiger partial charge in [-0.05, 0) is 22.0 Å². The Balaban J connectivity index is 1.87. The average Bonchev–Trinajstić information content (AvgIpc) is 3.07. The summed E-state index contributed by atoms with van der Waals surface area (Å²) in [5, 5.41) is 9.73. The zero-order valence-corrected chi connectivity index (χ0v) is 17.1. The number of pyridine rings is 1. The number of morpholine rings is 1. The number of ether oxygens (including phenoxy) is 1. The molecular formula is C17H20BrN7O3. The number of hydrogen-bond donors (Lipinski definition) is 2. The number of amides is 2. The second-order valence-corrected chi connectivity index (χ2v) is 6.59. The first-order valence-corrected chi connectivity index (χ1v) is 9.37. The Morgan fingerprint density at radius 3 is 2.79 bits per heavy atom. The minimum absolute atomic E-state index is 0.129. The molecule has 1 fully saturated rings. The smallest absolute Gasteiger partial charge is 0.272 e. The molecule has 2 aromatic heterocycles. The Hall–Kier alpha value is -2.79. The van der Waals surface area contributed by atoms with E-state index in [9.17, 15) is 9.59 Å². The first-order chi connectivity index (χ1) is 13.5. The monoisotopic (exact) mass is 449 g/mol. The average molecular weight is 450 g/mol. The predicted molar refractivity (Wildman–Crippen MR) is 107 cm³/mol. The van der Waals surface area contributed by atoms with Crippen LogP contribution >= 0.6 is 15.9 Å². The molecule has 2 N–H and O–H groups in total. The Bertz CT molecular complexity index is 947. The van der Waals surface area contributed by atoms with Gasteiger partial charge in [-0.25, -0.2) is 9.50 Å². The fraction of sp³-hybridized carbons (Fsp3) is 0.353. The molecule has 0 bridgehead atoms. The number of nitrogens with one attached hydrogen (secondary N) is 2. The van der Waals surface area contributed by atoms with Crippen LogP contribution < -0.4 is 10.6 Å². The van der Waals surface area contributed by atoms with Crippen LogP contribution in [0.25, 0.3) is 5.65 Å². The number of carbonyl (C=O) groups is 2. The van der Waals surface area contributed by atoms with Crippen molar-refractivity contribution < 1.29 is 14.3 Å². The number of likely N-dealkylation sites (N-methyl/N-ethyl adjacent to an activating group) is 1. The number of aromatic nitrogens is 3. The SMILES string of the molecule is C/N=C\C(C(=O)N1CCOCC1)=C(/NC)C(=O)Nc1ccn2nc(Br)nc2c1. The van der Waals surface area contributed by atoms with Gasteiger partial charge in [0.2, 0.25) is 4.73 Å². The van der Waals surface area contributed by atoms with Crippen molar-refractivity contribution >= 4 is 45.3 Å². The quantitative estimate of drug-likeness (QED) is 0.506. The van der Waals surface area contributed by atoms with Crippen LogP contribution in [-0.2, 0) is 14.3 Å². The van der Waals surface area contributed by atoms with Gasteiger partial charge in [-0.1, -0.05) is 0 Å². The lowest BCUT2D eigenvalue weighted by molar-refractivity contribution is -0.130. The van der Waals surface area contributed by atoms with Crippen molar-refractivity contribution in [1.82, 2.24) is 24.8 Å². The fourth-order valence-electron chi connectivity index (χ4n) is 2.79. The van der Waals surface area contributed by atoms with Gasteiger partial charge in [0.15, 0.2) is 5.65 Å². The summed E-state index contributed by atoms with van der Waals surface area (Å²) in [5.41, 5.74) is 1.41. The van der Waals surface area contributed by atoms with Gasteiger partial charge in [0.1, 0.15) is 5.70 Å². The Morgan fingerprint density at radius 2 is 2.11 bits per heavy atom. The third kappa shape index (κ3) is 4.37. The molecule has 10 nitrogen and oxygen atoms in total. The van der Waals surface area contributed by atoms with Crippen LogP contribution in [-0.4, -0.2) is 77.9 Å². The van der Waals surface area contributed by atoms with Crippen LogP contribution in [0.3, 0.4) is 0 Å². The van der Waals surface area contributed by atoms with Gasteiger partial charge in [-0.15, -0.1) is 5.10 Å². The van der Waals surface area contributed by atoms with Crippen molar-refractivity contribution in [3.63, 3.8) is 0 Å². The number of fused-ring (bicyclic) bond motifs is 1. The first kappa shape index (κ1) is 20.0. The lowest BCUT2D eigenvalue weighted by atomic mass is 10.1. The fourth-order valence-corrected chi connectivity index (χ4v) is 3.14. The molecule has 0 saturated carbocycles. The van der Waals surface area contributed by atoms with Gasteiger partial charge in [-0.2, -0.15) is 0 Å². The summed E-state index contributed by atoms with van der Waals surface area (Å²) in [6.07, 6.45) is 3.07. The van der Waals surface area contributed by atoms with E-state index in [1.165, 1.54) is 6.21 Å². The normalized spacial score (nSPS) is 15.6. The summed E-state index contributed by atoms with van der Waals surface area (Å²) in [5.74, 6) is -0.729. The standard InChI is InChI=1S/C17H20BrN7O3/c1-19-10-12(16(27)24-5-7-28-8-6-24)14(20-2)15(26)21-11-3-4-25-13(9-11)22-17(18)23-25/h3-4,9-10,20H,5-8H2,1-2H3,(H,21,26)/b14-12+,19-10-. The Labute approximate surface area is 169 Å². The number of rotatable bonds is 5. The molecule has 3 heterocycles. The van der Waals surface area contributed by atoms with Gasteiger partial charge < -0.3 is 20.3 Å². The molecule has 1 aliphatic rings. The van der Waals surface area contributed by atoms with Crippen LogP contribution in [0.2, 0.25) is 0 Å². The number of anilines is 1. The van der Waals surface area contributed by atoms with E-state index in [1.54, 1.807) is 41.8 Å². The Kier molecular flexibility index (Phi) is 6.37. The van der Waals surface area contributed by atoms with E-state index in [0.717, 1.165) is 0 Å². The Morgan fingerprint density at radius 1 is 1.36 bits per heavy atom. The van der Waals surface area contributed by atoms with Crippen LogP contribution in [0, 0.1) is 0 Å². The van der Waals surface area contributed by atoms with Gasteiger partial charge in [0, 0.05) is 51.4 Å². The summed E-state index contributed by atoms with van der Waals surface area (Å²) >= 11 is 3.21. The van der Waals surface area contributed by atoms with Gasteiger partial charge in [-0.3, -0.25) is 14.6 Å². The molecule has 2 aromatic rings. The summed E-state index contributed by atoms with van der Waals surface area (Å²) in [6.45, 7) is 1.88. The van der Waals surface area contributed by atoms with Crippen molar-refractivity contribution in [2.45, 2.75) is 0 Å². The first-order valence-electron chi connectivity index (χ1n) is 8.58. The highest BCUT2D eigenvalue weighted by Crippen LogP contribution is 2.15. The summed E-state index contributed by atoms with van der Waals surface area (Å²) in [7, 11) is 3.14. The lowest BCUT2D eigenvalue weighted by Crippen LogP contribution is -2.43. The second kappa shape index (κ2) is 8.93. The molecule has 0 aromatic carbocycles.